The summed E-state index contributed by atoms with van der Waals surface area (Å²) in [6, 6.07) is 13.8. The molecule has 1 fully saturated rings. The molecule has 7 heteroatoms. The maximum atomic E-state index is 12.1. The van der Waals surface area contributed by atoms with Crippen molar-refractivity contribution in [2.45, 2.75) is 31.6 Å². The third kappa shape index (κ3) is 7.18. The molecule has 0 radical (unpaired) electrons. The van der Waals surface area contributed by atoms with Gasteiger partial charge in [0.1, 0.15) is 0 Å². The van der Waals surface area contributed by atoms with Crippen LogP contribution in [0.15, 0.2) is 48.7 Å². The average molecular weight is 413 g/mol. The molecule has 0 bridgehead atoms. The molecule has 29 heavy (non-hydrogen) atoms. The number of primary amides is 1. The zero-order valence-corrected chi connectivity index (χ0v) is 17.4. The van der Waals surface area contributed by atoms with E-state index in [0.717, 1.165) is 55.4 Å². The summed E-state index contributed by atoms with van der Waals surface area (Å²) in [5, 5.41) is 2.95. The van der Waals surface area contributed by atoms with Gasteiger partial charge in [-0.05, 0) is 49.2 Å². The number of carbonyl (C=O) groups excluding carboxylic acids is 2. The monoisotopic (exact) mass is 412 g/mol. The predicted molar refractivity (Wildman–Crippen MR) is 117 cm³/mol. The Hall–Kier alpha value is -2.38. The summed E-state index contributed by atoms with van der Waals surface area (Å²) >= 11 is 1.71. The van der Waals surface area contributed by atoms with Crippen LogP contribution in [0.25, 0.3) is 0 Å². The summed E-state index contributed by atoms with van der Waals surface area (Å²) < 4.78 is 0. The smallest absolute Gasteiger partial charge is 0.225 e. The van der Waals surface area contributed by atoms with Crippen LogP contribution in [0.1, 0.15) is 30.5 Å². The molecule has 154 valence electrons. The van der Waals surface area contributed by atoms with Crippen LogP contribution in [-0.4, -0.2) is 40.5 Å². The number of nitrogens with one attached hydrogen (secondary N) is 1. The molecule has 1 aromatic heterocycles. The number of piperidine rings is 1. The number of likely N-dealkylation sites (tertiary alicyclic amines) is 1. The molecule has 2 heterocycles. The highest BCUT2D eigenvalue weighted by molar-refractivity contribution is 7.98. The SMILES string of the molecule is NC(=O)C1CCCN(Cc2ccc(NC(=O)CCSCc3ccccn3)cc2)C1. The summed E-state index contributed by atoms with van der Waals surface area (Å²) in [5.74, 6) is 1.35. The van der Waals surface area contributed by atoms with E-state index in [1.54, 1.807) is 18.0 Å². The van der Waals surface area contributed by atoms with Crippen molar-refractivity contribution in [2.75, 3.05) is 24.2 Å². The van der Waals surface area contributed by atoms with Gasteiger partial charge in [-0.2, -0.15) is 11.8 Å². The number of hydrogen-bond acceptors (Lipinski definition) is 5. The largest absolute Gasteiger partial charge is 0.369 e. The van der Waals surface area contributed by atoms with Crippen LogP contribution in [0.2, 0.25) is 0 Å². The maximum absolute atomic E-state index is 12.1. The number of pyridine rings is 1. The first-order valence-electron chi connectivity index (χ1n) is 9.98. The average Bonchev–Trinajstić information content (AvgIpc) is 2.74. The van der Waals surface area contributed by atoms with Crippen molar-refractivity contribution in [3.8, 4) is 0 Å². The molecule has 0 aliphatic carbocycles. The van der Waals surface area contributed by atoms with Gasteiger partial charge in [0.15, 0.2) is 0 Å². The third-order valence-electron chi connectivity index (χ3n) is 5.00. The highest BCUT2D eigenvalue weighted by atomic mass is 32.2. The van der Waals surface area contributed by atoms with Gasteiger partial charge in [0, 0.05) is 42.9 Å². The first kappa shape index (κ1) is 21.3. The minimum atomic E-state index is -0.203. The fourth-order valence-electron chi connectivity index (χ4n) is 3.43. The molecule has 2 aromatic rings. The van der Waals surface area contributed by atoms with E-state index in [4.69, 9.17) is 5.73 Å². The minimum absolute atomic E-state index is 0.0200. The Morgan fingerprint density at radius 1 is 1.21 bits per heavy atom. The van der Waals surface area contributed by atoms with Crippen molar-refractivity contribution in [2.24, 2.45) is 11.7 Å². The lowest BCUT2D eigenvalue weighted by Crippen LogP contribution is -2.40. The lowest BCUT2D eigenvalue weighted by atomic mass is 9.97. The second kappa shape index (κ2) is 11.0. The lowest BCUT2D eigenvalue weighted by Gasteiger charge is -2.31. The van der Waals surface area contributed by atoms with Gasteiger partial charge >= 0.3 is 0 Å². The van der Waals surface area contributed by atoms with Crippen LogP contribution in [0.5, 0.6) is 0 Å². The van der Waals surface area contributed by atoms with Crippen LogP contribution in [-0.2, 0) is 21.9 Å². The summed E-state index contributed by atoms with van der Waals surface area (Å²) in [6.07, 6.45) is 4.15. The first-order valence-corrected chi connectivity index (χ1v) is 11.1. The number of rotatable bonds is 9. The van der Waals surface area contributed by atoms with Gasteiger partial charge < -0.3 is 11.1 Å². The molecule has 2 amide bonds. The van der Waals surface area contributed by atoms with Crippen LogP contribution in [0.4, 0.5) is 5.69 Å². The molecular weight excluding hydrogens is 384 g/mol. The summed E-state index contributed by atoms with van der Waals surface area (Å²) in [5.41, 5.74) is 8.46. The molecule has 0 spiro atoms. The first-order chi connectivity index (χ1) is 14.1. The van der Waals surface area contributed by atoms with Crippen molar-refractivity contribution in [1.82, 2.24) is 9.88 Å². The minimum Gasteiger partial charge on any atom is -0.369 e. The fraction of sp³-hybridized carbons (Fsp3) is 0.409. The zero-order valence-electron chi connectivity index (χ0n) is 16.5. The number of thioether (sulfide) groups is 1. The topological polar surface area (TPSA) is 88.3 Å². The van der Waals surface area contributed by atoms with E-state index in [1.165, 1.54) is 5.56 Å². The number of benzene rings is 1. The quantitative estimate of drug-likeness (QED) is 0.618. The Kier molecular flexibility index (Phi) is 8.07. The number of anilines is 1. The van der Waals surface area contributed by atoms with Crippen molar-refractivity contribution >= 4 is 29.3 Å². The fourth-order valence-corrected chi connectivity index (χ4v) is 4.29. The van der Waals surface area contributed by atoms with E-state index >= 15 is 0 Å². The number of hydrogen-bond donors (Lipinski definition) is 2. The summed E-state index contributed by atoms with van der Waals surface area (Å²) in [7, 11) is 0. The van der Waals surface area contributed by atoms with Gasteiger partial charge in [0.25, 0.3) is 0 Å². The van der Waals surface area contributed by atoms with E-state index in [9.17, 15) is 9.59 Å². The predicted octanol–water partition coefficient (Wildman–Crippen LogP) is 3.04. The maximum Gasteiger partial charge on any atom is 0.225 e. The van der Waals surface area contributed by atoms with E-state index in [1.807, 2.05) is 42.5 Å². The molecule has 1 unspecified atom stereocenters. The van der Waals surface area contributed by atoms with Gasteiger partial charge in [-0.1, -0.05) is 18.2 Å². The molecule has 1 saturated heterocycles. The molecule has 3 rings (SSSR count). The van der Waals surface area contributed by atoms with Crippen molar-refractivity contribution in [1.29, 1.82) is 0 Å². The molecule has 0 saturated carbocycles. The lowest BCUT2D eigenvalue weighted by molar-refractivity contribution is -0.123. The zero-order chi connectivity index (χ0) is 20.5. The van der Waals surface area contributed by atoms with E-state index in [2.05, 4.69) is 15.2 Å². The molecule has 1 aliphatic heterocycles. The second-order valence-electron chi connectivity index (χ2n) is 7.35. The van der Waals surface area contributed by atoms with Crippen LogP contribution >= 0.6 is 11.8 Å². The number of nitrogens with zero attached hydrogens (tertiary/aromatic N) is 2. The molecule has 1 atom stereocenters. The third-order valence-corrected chi connectivity index (χ3v) is 5.99. The van der Waals surface area contributed by atoms with Crippen molar-refractivity contribution in [3.63, 3.8) is 0 Å². The van der Waals surface area contributed by atoms with Crippen molar-refractivity contribution < 1.29 is 9.59 Å². The normalized spacial score (nSPS) is 17.0. The van der Waals surface area contributed by atoms with Gasteiger partial charge in [-0.3, -0.25) is 19.5 Å². The van der Waals surface area contributed by atoms with E-state index in [0.29, 0.717) is 6.42 Å². The summed E-state index contributed by atoms with van der Waals surface area (Å²) in [4.78, 5) is 30.1. The second-order valence-corrected chi connectivity index (χ2v) is 8.45. The standard InChI is InChI=1S/C22H28N4O2S/c23-22(28)18-4-3-12-26(15-18)14-17-6-8-19(9-7-17)25-21(27)10-13-29-16-20-5-1-2-11-24-20/h1-2,5-9,11,18H,3-4,10,12-16H2,(H2,23,28)(H,25,27). The van der Waals surface area contributed by atoms with E-state index in [-0.39, 0.29) is 17.7 Å². The van der Waals surface area contributed by atoms with Crippen LogP contribution in [0.3, 0.4) is 0 Å². The molecular formula is C22H28N4O2S. The Bertz CT molecular complexity index is 798. The van der Waals surface area contributed by atoms with Crippen LogP contribution in [0, 0.1) is 5.92 Å². The Morgan fingerprint density at radius 2 is 2.03 bits per heavy atom. The van der Waals surface area contributed by atoms with Gasteiger partial charge in [0.2, 0.25) is 11.8 Å². The Labute approximate surface area is 176 Å². The number of nitrogens with two attached hydrogens (primary N) is 1. The van der Waals surface area contributed by atoms with Crippen molar-refractivity contribution in [3.05, 3.63) is 59.9 Å². The molecule has 6 nitrogen and oxygen atoms in total. The number of carbonyl (C=O) groups is 2. The van der Waals surface area contributed by atoms with Gasteiger partial charge in [-0.25, -0.2) is 0 Å². The number of aromatic nitrogens is 1. The van der Waals surface area contributed by atoms with Gasteiger partial charge in [-0.15, -0.1) is 0 Å². The molecule has 1 aromatic carbocycles. The Balaban J connectivity index is 1.38. The Morgan fingerprint density at radius 3 is 2.76 bits per heavy atom. The van der Waals surface area contributed by atoms with Crippen LogP contribution < -0.4 is 11.1 Å². The highest BCUT2D eigenvalue weighted by Gasteiger charge is 2.23. The highest BCUT2D eigenvalue weighted by Crippen LogP contribution is 2.19. The van der Waals surface area contributed by atoms with E-state index < -0.39 is 0 Å². The molecule has 1 aliphatic rings. The summed E-state index contributed by atoms with van der Waals surface area (Å²) in [6.45, 7) is 2.50. The number of amides is 2. The molecule has 3 N–H and O–H groups in total. The van der Waals surface area contributed by atoms with Gasteiger partial charge in [0.05, 0.1) is 11.6 Å².